The van der Waals surface area contributed by atoms with E-state index in [1.54, 1.807) is 14.2 Å². The van der Waals surface area contributed by atoms with Crippen LogP contribution in [0.25, 0.3) is 11.3 Å². The summed E-state index contributed by atoms with van der Waals surface area (Å²) in [5, 5.41) is 0. The Hall–Kier alpha value is -2.17. The molecule has 1 heterocycles. The zero-order valence-electron chi connectivity index (χ0n) is 12.0. The molecule has 1 aromatic carbocycles. The summed E-state index contributed by atoms with van der Waals surface area (Å²) in [5.41, 5.74) is 7.89. The van der Waals surface area contributed by atoms with E-state index in [4.69, 9.17) is 20.2 Å². The molecular formula is C15H19N3O2. The Balaban J connectivity index is 2.10. The van der Waals surface area contributed by atoms with Crippen molar-refractivity contribution in [1.29, 1.82) is 0 Å². The van der Waals surface area contributed by atoms with Gasteiger partial charge in [0.1, 0.15) is 28.8 Å². The van der Waals surface area contributed by atoms with Gasteiger partial charge in [0, 0.05) is 24.6 Å². The average molecular weight is 273 g/mol. The second-order valence-corrected chi connectivity index (χ2v) is 5.10. The van der Waals surface area contributed by atoms with Gasteiger partial charge in [-0.2, -0.15) is 0 Å². The number of anilines is 1. The fourth-order valence-corrected chi connectivity index (χ4v) is 2.43. The lowest BCUT2D eigenvalue weighted by Gasteiger charge is -2.09. The molecule has 0 unspecified atom stereocenters. The average Bonchev–Trinajstić information content (AvgIpc) is 3.27. The summed E-state index contributed by atoms with van der Waals surface area (Å²) in [6.45, 7) is 0. The number of nitrogens with two attached hydrogens (primary N) is 1. The number of hydrogen-bond donors (Lipinski definition) is 1. The Bertz CT molecular complexity index is 645. The molecule has 0 saturated heterocycles. The first-order valence-electron chi connectivity index (χ1n) is 6.70. The third kappa shape index (κ3) is 1.99. The van der Waals surface area contributed by atoms with E-state index in [-0.39, 0.29) is 0 Å². The molecule has 5 nitrogen and oxygen atoms in total. The predicted molar refractivity (Wildman–Crippen MR) is 78.1 cm³/mol. The highest BCUT2D eigenvalue weighted by Crippen LogP contribution is 2.43. The topological polar surface area (TPSA) is 62.3 Å². The molecule has 1 aliphatic rings. The van der Waals surface area contributed by atoms with Crippen molar-refractivity contribution in [3.8, 4) is 22.8 Å². The molecule has 0 radical (unpaired) electrons. The van der Waals surface area contributed by atoms with Crippen molar-refractivity contribution >= 4 is 5.82 Å². The quantitative estimate of drug-likeness (QED) is 0.930. The maximum Gasteiger partial charge on any atom is 0.132 e. The molecule has 0 bridgehead atoms. The smallest absolute Gasteiger partial charge is 0.132 e. The highest BCUT2D eigenvalue weighted by atomic mass is 16.5. The highest BCUT2D eigenvalue weighted by Gasteiger charge is 2.30. The predicted octanol–water partition coefficient (Wildman–Crippen LogP) is 2.56. The number of hydrogen-bond acceptors (Lipinski definition) is 4. The SMILES string of the molecule is COc1ccc(-c2nc(C3CC3)n(C)c2N)c(OC)c1. The number of methoxy groups -OCH3 is 2. The van der Waals surface area contributed by atoms with Crippen LogP contribution in [-0.4, -0.2) is 23.8 Å². The van der Waals surface area contributed by atoms with Gasteiger partial charge in [-0.25, -0.2) is 4.98 Å². The molecule has 1 aromatic heterocycles. The van der Waals surface area contributed by atoms with Crippen LogP contribution in [-0.2, 0) is 7.05 Å². The van der Waals surface area contributed by atoms with Crippen LogP contribution in [0.1, 0.15) is 24.6 Å². The first-order chi connectivity index (χ1) is 9.65. The molecule has 5 heteroatoms. The Kier molecular flexibility index (Phi) is 3.04. The maximum absolute atomic E-state index is 6.21. The lowest BCUT2D eigenvalue weighted by Crippen LogP contribution is -2.00. The van der Waals surface area contributed by atoms with E-state index in [9.17, 15) is 0 Å². The Morgan fingerprint density at radius 3 is 2.60 bits per heavy atom. The van der Waals surface area contributed by atoms with Gasteiger partial charge in [0.2, 0.25) is 0 Å². The standard InChI is InChI=1S/C15H19N3O2/c1-18-14(16)13(17-15(18)9-4-5-9)11-7-6-10(19-2)8-12(11)20-3/h6-9H,4-5,16H2,1-3H3. The molecule has 106 valence electrons. The second-order valence-electron chi connectivity index (χ2n) is 5.10. The van der Waals surface area contributed by atoms with Crippen LogP contribution in [0.15, 0.2) is 18.2 Å². The Labute approximate surface area is 118 Å². The van der Waals surface area contributed by atoms with Crippen LogP contribution < -0.4 is 15.2 Å². The van der Waals surface area contributed by atoms with E-state index in [1.165, 1.54) is 12.8 Å². The van der Waals surface area contributed by atoms with E-state index in [2.05, 4.69) is 0 Å². The first kappa shape index (κ1) is 12.8. The maximum atomic E-state index is 6.21. The van der Waals surface area contributed by atoms with Gasteiger partial charge in [-0.1, -0.05) is 0 Å². The fraction of sp³-hybridized carbons (Fsp3) is 0.400. The van der Waals surface area contributed by atoms with Crippen molar-refractivity contribution < 1.29 is 9.47 Å². The highest BCUT2D eigenvalue weighted by molar-refractivity contribution is 5.77. The summed E-state index contributed by atoms with van der Waals surface area (Å²) in [6.07, 6.45) is 2.40. The van der Waals surface area contributed by atoms with Crippen LogP contribution in [0, 0.1) is 0 Å². The van der Waals surface area contributed by atoms with Gasteiger partial charge < -0.3 is 19.8 Å². The van der Waals surface area contributed by atoms with Crippen LogP contribution in [0.2, 0.25) is 0 Å². The molecule has 0 atom stereocenters. The molecule has 0 amide bonds. The van der Waals surface area contributed by atoms with Crippen molar-refractivity contribution in [2.24, 2.45) is 7.05 Å². The Morgan fingerprint density at radius 2 is 2.00 bits per heavy atom. The van der Waals surface area contributed by atoms with E-state index in [0.29, 0.717) is 11.7 Å². The minimum atomic E-state index is 0.556. The van der Waals surface area contributed by atoms with Crippen molar-refractivity contribution in [3.05, 3.63) is 24.0 Å². The first-order valence-corrected chi connectivity index (χ1v) is 6.70. The normalized spacial score (nSPS) is 14.3. The lowest BCUT2D eigenvalue weighted by atomic mass is 10.1. The number of nitrogen functional groups attached to an aromatic ring is 1. The minimum absolute atomic E-state index is 0.556. The van der Waals surface area contributed by atoms with Gasteiger partial charge in [-0.3, -0.25) is 0 Å². The number of nitrogens with zero attached hydrogens (tertiary/aromatic N) is 2. The zero-order valence-corrected chi connectivity index (χ0v) is 12.0. The van der Waals surface area contributed by atoms with Gasteiger partial charge in [-0.05, 0) is 25.0 Å². The summed E-state index contributed by atoms with van der Waals surface area (Å²) < 4.78 is 12.6. The molecule has 2 N–H and O–H groups in total. The third-order valence-electron chi connectivity index (χ3n) is 3.78. The lowest BCUT2D eigenvalue weighted by molar-refractivity contribution is 0.395. The van der Waals surface area contributed by atoms with Gasteiger partial charge in [0.15, 0.2) is 0 Å². The molecule has 0 spiro atoms. The monoisotopic (exact) mass is 273 g/mol. The summed E-state index contributed by atoms with van der Waals surface area (Å²) >= 11 is 0. The minimum Gasteiger partial charge on any atom is -0.497 e. The van der Waals surface area contributed by atoms with E-state index in [0.717, 1.165) is 28.6 Å². The number of ether oxygens (including phenoxy) is 2. The molecule has 1 fully saturated rings. The van der Waals surface area contributed by atoms with Crippen LogP contribution in [0.3, 0.4) is 0 Å². The van der Waals surface area contributed by atoms with Crippen LogP contribution in [0.5, 0.6) is 11.5 Å². The molecule has 2 aromatic rings. The molecular weight excluding hydrogens is 254 g/mol. The van der Waals surface area contributed by atoms with Gasteiger partial charge in [0.05, 0.1) is 14.2 Å². The zero-order chi connectivity index (χ0) is 14.3. The summed E-state index contributed by atoms with van der Waals surface area (Å²) in [4.78, 5) is 4.72. The number of imidazole rings is 1. The molecule has 1 aliphatic carbocycles. The molecule has 3 rings (SSSR count). The van der Waals surface area contributed by atoms with Gasteiger partial charge in [-0.15, -0.1) is 0 Å². The summed E-state index contributed by atoms with van der Waals surface area (Å²) in [6, 6.07) is 5.68. The fourth-order valence-electron chi connectivity index (χ4n) is 2.43. The Morgan fingerprint density at radius 1 is 1.25 bits per heavy atom. The van der Waals surface area contributed by atoms with Crippen molar-refractivity contribution in [1.82, 2.24) is 9.55 Å². The molecule has 0 aliphatic heterocycles. The molecule has 20 heavy (non-hydrogen) atoms. The van der Waals surface area contributed by atoms with Gasteiger partial charge >= 0.3 is 0 Å². The second kappa shape index (κ2) is 4.74. The van der Waals surface area contributed by atoms with E-state index >= 15 is 0 Å². The van der Waals surface area contributed by atoms with Crippen LogP contribution >= 0.6 is 0 Å². The van der Waals surface area contributed by atoms with E-state index in [1.807, 2.05) is 29.8 Å². The third-order valence-corrected chi connectivity index (χ3v) is 3.78. The number of benzene rings is 1. The number of rotatable bonds is 4. The largest absolute Gasteiger partial charge is 0.497 e. The van der Waals surface area contributed by atoms with E-state index < -0.39 is 0 Å². The summed E-state index contributed by atoms with van der Waals surface area (Å²) in [7, 11) is 5.24. The van der Waals surface area contributed by atoms with Gasteiger partial charge in [0.25, 0.3) is 0 Å². The molecule has 1 saturated carbocycles. The van der Waals surface area contributed by atoms with Crippen molar-refractivity contribution in [2.75, 3.05) is 20.0 Å². The van der Waals surface area contributed by atoms with Crippen molar-refractivity contribution in [3.63, 3.8) is 0 Å². The summed E-state index contributed by atoms with van der Waals surface area (Å²) in [5.74, 6) is 3.77. The number of aromatic nitrogens is 2. The van der Waals surface area contributed by atoms with Crippen molar-refractivity contribution in [2.45, 2.75) is 18.8 Å². The van der Waals surface area contributed by atoms with Crippen LogP contribution in [0.4, 0.5) is 5.82 Å².